The Morgan fingerprint density at radius 1 is 0.857 bits per heavy atom. The summed E-state index contributed by atoms with van der Waals surface area (Å²) in [5.74, 6) is -0.572. The van der Waals surface area contributed by atoms with Gasteiger partial charge in [-0.3, -0.25) is 14.4 Å². The van der Waals surface area contributed by atoms with E-state index in [1.54, 1.807) is 30.3 Å². The van der Waals surface area contributed by atoms with Gasteiger partial charge in [0.25, 0.3) is 5.91 Å². The van der Waals surface area contributed by atoms with Gasteiger partial charge < -0.3 is 10.6 Å². The normalized spacial score (nSPS) is 15.8. The number of fused-ring (bicyclic) bond motifs is 1. The number of carbonyl (C=O) groups excluding carboxylic acids is 3. The zero-order chi connectivity index (χ0) is 19.5. The zero-order valence-electron chi connectivity index (χ0n) is 15.0. The second-order valence-corrected chi connectivity index (χ2v) is 6.67. The SMILES string of the molecule is O=Cc1ccccc1-c1ccc2c(c1)C(=O)NC(Cc1ccccc1)C(=O)N2. The molecule has 5 heteroatoms. The van der Waals surface area contributed by atoms with Crippen LogP contribution in [0.5, 0.6) is 0 Å². The number of amides is 2. The number of nitrogens with one attached hydrogen (secondary N) is 2. The number of anilines is 1. The van der Waals surface area contributed by atoms with E-state index in [-0.39, 0.29) is 11.8 Å². The number of hydrogen-bond donors (Lipinski definition) is 2. The summed E-state index contributed by atoms with van der Waals surface area (Å²) >= 11 is 0. The largest absolute Gasteiger partial charge is 0.340 e. The number of carbonyl (C=O) groups is 3. The number of hydrogen-bond acceptors (Lipinski definition) is 3. The molecule has 2 amide bonds. The first kappa shape index (κ1) is 17.7. The molecule has 1 heterocycles. The van der Waals surface area contributed by atoms with Crippen LogP contribution in [0.2, 0.25) is 0 Å². The van der Waals surface area contributed by atoms with E-state index < -0.39 is 6.04 Å². The van der Waals surface area contributed by atoms with Gasteiger partial charge in [0.2, 0.25) is 5.91 Å². The van der Waals surface area contributed by atoms with Gasteiger partial charge in [-0.2, -0.15) is 0 Å². The fourth-order valence-corrected chi connectivity index (χ4v) is 3.39. The Hall–Kier alpha value is -3.73. The highest BCUT2D eigenvalue weighted by molar-refractivity contribution is 6.10. The average Bonchev–Trinajstić information content (AvgIpc) is 2.84. The van der Waals surface area contributed by atoms with Crippen LogP contribution < -0.4 is 10.6 Å². The van der Waals surface area contributed by atoms with Crippen molar-refractivity contribution in [1.29, 1.82) is 0 Å². The first-order chi connectivity index (χ1) is 13.7. The molecule has 0 spiro atoms. The van der Waals surface area contributed by atoms with E-state index in [1.165, 1.54) is 0 Å². The standard InChI is InChI=1S/C23H18N2O3/c26-14-17-8-4-5-9-18(17)16-10-11-20-19(13-16)22(27)25-21(23(28)24-20)12-15-6-2-1-3-7-15/h1-11,13-14,21H,12H2,(H,24,28)(H,25,27). The molecule has 0 aromatic heterocycles. The van der Waals surface area contributed by atoms with Crippen LogP contribution in [0.3, 0.4) is 0 Å². The second-order valence-electron chi connectivity index (χ2n) is 6.67. The third-order valence-corrected chi connectivity index (χ3v) is 4.83. The Morgan fingerprint density at radius 2 is 1.61 bits per heavy atom. The summed E-state index contributed by atoms with van der Waals surface area (Å²) in [4.78, 5) is 36.8. The molecular weight excluding hydrogens is 352 g/mol. The molecule has 4 rings (SSSR count). The lowest BCUT2D eigenvalue weighted by atomic mass is 9.97. The van der Waals surface area contributed by atoms with Crippen LogP contribution in [0, 0.1) is 0 Å². The molecule has 138 valence electrons. The highest BCUT2D eigenvalue weighted by Crippen LogP contribution is 2.28. The van der Waals surface area contributed by atoms with Gasteiger partial charge in [0.05, 0.1) is 11.3 Å². The minimum Gasteiger partial charge on any atom is -0.340 e. The quantitative estimate of drug-likeness (QED) is 0.691. The maximum atomic E-state index is 12.8. The number of aldehydes is 1. The Bertz CT molecular complexity index is 1060. The molecule has 1 aliphatic rings. The van der Waals surface area contributed by atoms with E-state index in [1.807, 2.05) is 42.5 Å². The van der Waals surface area contributed by atoms with Crippen molar-refractivity contribution in [2.24, 2.45) is 0 Å². The maximum Gasteiger partial charge on any atom is 0.254 e. The summed E-state index contributed by atoms with van der Waals surface area (Å²) in [6, 6.07) is 21.3. The van der Waals surface area contributed by atoms with Crippen LogP contribution >= 0.6 is 0 Å². The molecule has 0 saturated carbocycles. The second kappa shape index (κ2) is 7.48. The lowest BCUT2D eigenvalue weighted by molar-refractivity contribution is -0.117. The molecule has 1 unspecified atom stereocenters. The third kappa shape index (κ3) is 3.42. The van der Waals surface area contributed by atoms with E-state index in [0.29, 0.717) is 23.2 Å². The Labute approximate surface area is 162 Å². The molecule has 1 aliphatic heterocycles. The predicted molar refractivity (Wildman–Crippen MR) is 107 cm³/mol. The summed E-state index contributed by atoms with van der Waals surface area (Å²) in [5, 5.41) is 5.66. The van der Waals surface area contributed by atoms with E-state index in [4.69, 9.17) is 0 Å². The van der Waals surface area contributed by atoms with E-state index in [0.717, 1.165) is 23.0 Å². The van der Waals surface area contributed by atoms with E-state index in [2.05, 4.69) is 10.6 Å². The molecule has 3 aromatic carbocycles. The smallest absolute Gasteiger partial charge is 0.254 e. The summed E-state index contributed by atoms with van der Waals surface area (Å²) in [6.07, 6.45) is 1.20. The monoisotopic (exact) mass is 370 g/mol. The molecule has 2 N–H and O–H groups in total. The zero-order valence-corrected chi connectivity index (χ0v) is 15.0. The minimum atomic E-state index is -0.659. The molecule has 0 radical (unpaired) electrons. The summed E-state index contributed by atoms with van der Waals surface area (Å²) in [5.41, 5.74) is 3.83. The van der Waals surface area contributed by atoms with Crippen molar-refractivity contribution in [3.8, 4) is 11.1 Å². The van der Waals surface area contributed by atoms with Crippen LogP contribution in [0.4, 0.5) is 5.69 Å². The lowest BCUT2D eigenvalue weighted by Crippen LogP contribution is -2.42. The molecular formula is C23H18N2O3. The third-order valence-electron chi connectivity index (χ3n) is 4.83. The first-order valence-electron chi connectivity index (χ1n) is 9.00. The molecule has 0 bridgehead atoms. The van der Waals surface area contributed by atoms with Gasteiger partial charge in [-0.15, -0.1) is 0 Å². The van der Waals surface area contributed by atoms with Gasteiger partial charge in [0.15, 0.2) is 6.29 Å². The number of benzene rings is 3. The van der Waals surface area contributed by atoms with Crippen LogP contribution in [-0.2, 0) is 11.2 Å². The van der Waals surface area contributed by atoms with Crippen LogP contribution in [-0.4, -0.2) is 24.1 Å². The highest BCUT2D eigenvalue weighted by atomic mass is 16.2. The Kier molecular flexibility index (Phi) is 4.72. The van der Waals surface area contributed by atoms with Crippen molar-refractivity contribution >= 4 is 23.8 Å². The van der Waals surface area contributed by atoms with Crippen molar-refractivity contribution in [3.05, 3.63) is 89.5 Å². The van der Waals surface area contributed by atoms with Gasteiger partial charge in [-0.25, -0.2) is 0 Å². The molecule has 0 fully saturated rings. The van der Waals surface area contributed by atoms with Gasteiger partial charge in [-0.05, 0) is 28.8 Å². The topological polar surface area (TPSA) is 75.3 Å². The Morgan fingerprint density at radius 3 is 2.39 bits per heavy atom. The summed E-state index contributed by atoms with van der Waals surface area (Å²) in [7, 11) is 0. The molecule has 0 aliphatic carbocycles. The van der Waals surface area contributed by atoms with E-state index >= 15 is 0 Å². The van der Waals surface area contributed by atoms with Crippen molar-refractivity contribution in [2.75, 3.05) is 5.32 Å². The van der Waals surface area contributed by atoms with Crippen molar-refractivity contribution in [3.63, 3.8) is 0 Å². The average molecular weight is 370 g/mol. The predicted octanol–water partition coefficient (Wildman–Crippen LogP) is 3.46. The fourth-order valence-electron chi connectivity index (χ4n) is 3.39. The van der Waals surface area contributed by atoms with Gasteiger partial charge in [0.1, 0.15) is 6.04 Å². The van der Waals surface area contributed by atoms with E-state index in [9.17, 15) is 14.4 Å². The van der Waals surface area contributed by atoms with Crippen LogP contribution in [0.1, 0.15) is 26.3 Å². The maximum absolute atomic E-state index is 12.8. The molecule has 0 saturated heterocycles. The van der Waals surface area contributed by atoms with Crippen molar-refractivity contribution in [1.82, 2.24) is 5.32 Å². The molecule has 3 aromatic rings. The summed E-state index contributed by atoms with van der Waals surface area (Å²) < 4.78 is 0. The van der Waals surface area contributed by atoms with Crippen molar-refractivity contribution in [2.45, 2.75) is 12.5 Å². The van der Waals surface area contributed by atoms with Gasteiger partial charge in [-0.1, -0.05) is 60.7 Å². The minimum absolute atomic E-state index is 0.253. The van der Waals surface area contributed by atoms with Crippen molar-refractivity contribution < 1.29 is 14.4 Å². The van der Waals surface area contributed by atoms with Gasteiger partial charge >= 0.3 is 0 Å². The molecule has 5 nitrogen and oxygen atoms in total. The van der Waals surface area contributed by atoms with Crippen LogP contribution in [0.15, 0.2) is 72.8 Å². The molecule has 1 atom stereocenters. The lowest BCUT2D eigenvalue weighted by Gasteiger charge is -2.14. The fraction of sp³-hybridized carbons (Fsp3) is 0.0870. The Balaban J connectivity index is 1.66. The first-order valence-corrected chi connectivity index (χ1v) is 9.00. The number of rotatable bonds is 4. The van der Waals surface area contributed by atoms with Crippen LogP contribution in [0.25, 0.3) is 11.1 Å². The van der Waals surface area contributed by atoms with Gasteiger partial charge in [0, 0.05) is 12.0 Å². The molecule has 28 heavy (non-hydrogen) atoms. The highest BCUT2D eigenvalue weighted by Gasteiger charge is 2.28. The summed E-state index contributed by atoms with van der Waals surface area (Å²) in [6.45, 7) is 0.